The summed E-state index contributed by atoms with van der Waals surface area (Å²) in [6.07, 6.45) is -4.93. The van der Waals surface area contributed by atoms with Crippen LogP contribution in [0.15, 0.2) is 66.7 Å². The molecule has 3 aromatic rings. The molecular weight excluding hydrogens is 424 g/mol. The maximum atomic E-state index is 13.3. The zero-order valence-corrected chi connectivity index (χ0v) is 17.0. The molecule has 0 unspecified atom stereocenters. The molecule has 1 fully saturated rings. The van der Waals surface area contributed by atoms with Crippen molar-refractivity contribution in [2.45, 2.75) is 18.7 Å². The summed E-state index contributed by atoms with van der Waals surface area (Å²) in [6.45, 7) is 0.914. The lowest BCUT2D eigenvalue weighted by Gasteiger charge is -2.33. The number of carbonyl (C=O) groups excluding carboxylic acids is 1. The van der Waals surface area contributed by atoms with Gasteiger partial charge in [-0.15, -0.1) is 0 Å². The monoisotopic (exact) mass is 444 g/mol. The van der Waals surface area contributed by atoms with Gasteiger partial charge in [0.2, 0.25) is 0 Å². The van der Waals surface area contributed by atoms with Crippen LogP contribution in [0, 0.1) is 5.82 Å². The lowest BCUT2D eigenvalue weighted by atomic mass is 10.0. The average molecular weight is 444 g/mol. The third-order valence-electron chi connectivity index (χ3n) is 5.30. The third kappa shape index (κ3) is 4.96. The summed E-state index contributed by atoms with van der Waals surface area (Å²) in [5.74, 6) is -0.664. The number of rotatable bonds is 4. The fourth-order valence-corrected chi connectivity index (χ4v) is 3.71. The number of alkyl halides is 3. The lowest BCUT2D eigenvalue weighted by molar-refractivity contribution is -0.138. The van der Waals surface area contributed by atoms with Crippen LogP contribution in [-0.4, -0.2) is 35.5 Å². The van der Waals surface area contributed by atoms with Crippen LogP contribution in [0.4, 0.5) is 17.6 Å². The van der Waals surface area contributed by atoms with E-state index in [1.807, 2.05) is 0 Å². The van der Waals surface area contributed by atoms with E-state index in [-0.39, 0.29) is 24.4 Å². The topological polar surface area (TPSA) is 42.4 Å². The van der Waals surface area contributed by atoms with E-state index < -0.39 is 23.7 Å². The third-order valence-corrected chi connectivity index (χ3v) is 5.30. The molecule has 0 aliphatic carbocycles. The second kappa shape index (κ2) is 9.08. The summed E-state index contributed by atoms with van der Waals surface area (Å²) < 4.78 is 58.8. The maximum absolute atomic E-state index is 13.3. The molecular formula is C24H20F4N2O2. The highest BCUT2D eigenvalue weighted by molar-refractivity contribution is 5.94. The Bertz CT molecular complexity index is 1100. The van der Waals surface area contributed by atoms with Gasteiger partial charge in [-0.3, -0.25) is 9.78 Å². The molecule has 1 aliphatic rings. The number of benzene rings is 2. The molecule has 32 heavy (non-hydrogen) atoms. The fraction of sp³-hybridized carbons (Fsp3) is 0.250. The zero-order valence-electron chi connectivity index (χ0n) is 17.0. The SMILES string of the molecule is O=C(c1ccc(F)cc1)N1CCO[C@H](c2cccc(Cc3ccccc3C(F)(F)F)n2)C1. The number of morpholine rings is 1. The number of aromatic nitrogens is 1. The molecule has 4 nitrogen and oxygen atoms in total. The Morgan fingerprint density at radius 1 is 1.03 bits per heavy atom. The lowest BCUT2D eigenvalue weighted by Crippen LogP contribution is -2.42. The van der Waals surface area contributed by atoms with E-state index in [9.17, 15) is 22.4 Å². The predicted molar refractivity (Wildman–Crippen MR) is 109 cm³/mol. The van der Waals surface area contributed by atoms with Gasteiger partial charge in [0.25, 0.3) is 5.91 Å². The first-order valence-corrected chi connectivity index (χ1v) is 10.1. The highest BCUT2D eigenvalue weighted by Gasteiger charge is 2.33. The molecule has 4 rings (SSSR count). The fourth-order valence-electron chi connectivity index (χ4n) is 3.71. The number of hydrogen-bond donors (Lipinski definition) is 0. The van der Waals surface area contributed by atoms with Crippen LogP contribution in [0.5, 0.6) is 0 Å². The summed E-state index contributed by atoms with van der Waals surface area (Å²) in [5.41, 5.74) is 0.852. The van der Waals surface area contributed by atoms with Gasteiger partial charge in [0, 0.05) is 24.2 Å². The molecule has 0 radical (unpaired) electrons. The van der Waals surface area contributed by atoms with Gasteiger partial charge in [-0.25, -0.2) is 4.39 Å². The molecule has 1 aromatic heterocycles. The zero-order chi connectivity index (χ0) is 22.7. The van der Waals surface area contributed by atoms with Crippen LogP contribution in [0.2, 0.25) is 0 Å². The molecule has 1 saturated heterocycles. The predicted octanol–water partition coefficient (Wildman–Crippen LogP) is 5.04. The van der Waals surface area contributed by atoms with E-state index >= 15 is 0 Å². The second-order valence-electron chi connectivity index (χ2n) is 7.50. The largest absolute Gasteiger partial charge is 0.416 e. The summed E-state index contributed by atoms with van der Waals surface area (Å²) in [4.78, 5) is 18.9. The molecule has 0 saturated carbocycles. The van der Waals surface area contributed by atoms with Crippen LogP contribution in [0.3, 0.4) is 0 Å². The van der Waals surface area contributed by atoms with Crippen molar-refractivity contribution in [2.24, 2.45) is 0 Å². The number of carbonyl (C=O) groups is 1. The highest BCUT2D eigenvalue weighted by atomic mass is 19.4. The van der Waals surface area contributed by atoms with Gasteiger partial charge in [-0.05, 0) is 48.0 Å². The summed E-state index contributed by atoms with van der Waals surface area (Å²) in [5, 5.41) is 0. The van der Waals surface area contributed by atoms with Crippen molar-refractivity contribution in [3.63, 3.8) is 0 Å². The van der Waals surface area contributed by atoms with Crippen molar-refractivity contribution >= 4 is 5.91 Å². The van der Waals surface area contributed by atoms with Gasteiger partial charge >= 0.3 is 6.18 Å². The van der Waals surface area contributed by atoms with E-state index in [2.05, 4.69) is 4.98 Å². The molecule has 1 aliphatic heterocycles. The molecule has 2 aromatic carbocycles. The molecule has 1 atom stereocenters. The number of hydrogen-bond acceptors (Lipinski definition) is 3. The van der Waals surface area contributed by atoms with Gasteiger partial charge in [0.05, 0.1) is 24.4 Å². The van der Waals surface area contributed by atoms with Crippen LogP contribution in [0.1, 0.15) is 39.0 Å². The van der Waals surface area contributed by atoms with Crippen LogP contribution >= 0.6 is 0 Å². The van der Waals surface area contributed by atoms with E-state index in [1.165, 1.54) is 36.4 Å². The second-order valence-corrected chi connectivity index (χ2v) is 7.50. The van der Waals surface area contributed by atoms with Gasteiger partial charge in [0.15, 0.2) is 0 Å². The molecule has 0 spiro atoms. The Morgan fingerprint density at radius 2 is 1.78 bits per heavy atom. The summed E-state index contributed by atoms with van der Waals surface area (Å²) in [7, 11) is 0. The molecule has 166 valence electrons. The minimum Gasteiger partial charge on any atom is -0.368 e. The maximum Gasteiger partial charge on any atom is 0.416 e. The standard InChI is InChI=1S/C24H20F4N2O2/c25-18-10-8-16(9-11-18)23(31)30-12-13-32-22(15-30)21-7-3-5-19(29-21)14-17-4-1-2-6-20(17)24(26,27)28/h1-11,22H,12-15H2/t22-/m0/s1. The van der Waals surface area contributed by atoms with Gasteiger partial charge < -0.3 is 9.64 Å². The van der Waals surface area contributed by atoms with Crippen molar-refractivity contribution in [3.8, 4) is 0 Å². The molecule has 0 N–H and O–H groups in total. The van der Waals surface area contributed by atoms with Crippen molar-refractivity contribution < 1.29 is 27.1 Å². The van der Waals surface area contributed by atoms with Crippen molar-refractivity contribution in [1.29, 1.82) is 0 Å². The van der Waals surface area contributed by atoms with E-state index in [0.717, 1.165) is 6.07 Å². The van der Waals surface area contributed by atoms with E-state index in [0.29, 0.717) is 30.1 Å². The Hall–Kier alpha value is -3.26. The average Bonchev–Trinajstić information content (AvgIpc) is 2.79. The first-order valence-electron chi connectivity index (χ1n) is 10.1. The van der Waals surface area contributed by atoms with E-state index in [4.69, 9.17) is 4.74 Å². The normalized spacial score (nSPS) is 16.8. The molecule has 8 heteroatoms. The molecule has 1 amide bonds. The quantitative estimate of drug-likeness (QED) is 0.530. The Kier molecular flexibility index (Phi) is 6.23. The van der Waals surface area contributed by atoms with Gasteiger partial charge in [0.1, 0.15) is 11.9 Å². The summed E-state index contributed by atoms with van der Waals surface area (Å²) >= 11 is 0. The Morgan fingerprint density at radius 3 is 2.53 bits per heavy atom. The summed E-state index contributed by atoms with van der Waals surface area (Å²) in [6, 6.07) is 15.9. The van der Waals surface area contributed by atoms with Crippen LogP contribution < -0.4 is 0 Å². The van der Waals surface area contributed by atoms with Crippen molar-refractivity contribution in [1.82, 2.24) is 9.88 Å². The number of pyridine rings is 1. The van der Waals surface area contributed by atoms with Gasteiger partial charge in [-0.2, -0.15) is 13.2 Å². The first kappa shape index (κ1) is 22.0. The molecule has 0 bridgehead atoms. The Balaban J connectivity index is 1.51. The highest BCUT2D eigenvalue weighted by Crippen LogP contribution is 2.33. The van der Waals surface area contributed by atoms with Crippen molar-refractivity contribution in [2.75, 3.05) is 19.7 Å². The number of nitrogens with zero attached hydrogens (tertiary/aromatic N) is 2. The minimum absolute atomic E-state index is 0.0223. The minimum atomic E-state index is -4.44. The first-order chi connectivity index (χ1) is 15.3. The number of amides is 1. The molecule has 2 heterocycles. The van der Waals surface area contributed by atoms with Crippen molar-refractivity contribution in [3.05, 3.63) is 101 Å². The van der Waals surface area contributed by atoms with E-state index in [1.54, 1.807) is 29.2 Å². The van der Waals surface area contributed by atoms with Crippen LogP contribution in [0.25, 0.3) is 0 Å². The smallest absolute Gasteiger partial charge is 0.368 e. The van der Waals surface area contributed by atoms with Gasteiger partial charge in [-0.1, -0.05) is 24.3 Å². The van der Waals surface area contributed by atoms with Crippen LogP contribution in [-0.2, 0) is 17.3 Å². The number of ether oxygens (including phenoxy) is 1. The number of halogens is 4. The Labute approximate surface area is 182 Å².